The summed E-state index contributed by atoms with van der Waals surface area (Å²) in [5, 5.41) is 3.01. The van der Waals surface area contributed by atoms with Crippen LogP contribution in [0, 0.1) is 0 Å². The SMILES string of the molecule is CCCCCCCCCCNC(=O)c1ccccc1C(=O)N1CCCCCC1. The van der Waals surface area contributed by atoms with Crippen LogP contribution in [0.25, 0.3) is 0 Å². The average Bonchev–Trinajstić information content (AvgIpc) is 3.01. The van der Waals surface area contributed by atoms with Crippen molar-refractivity contribution in [1.82, 2.24) is 10.2 Å². The molecule has 0 spiro atoms. The summed E-state index contributed by atoms with van der Waals surface area (Å²) in [6, 6.07) is 7.25. The van der Waals surface area contributed by atoms with Crippen LogP contribution in [0.2, 0.25) is 0 Å². The topological polar surface area (TPSA) is 49.4 Å². The summed E-state index contributed by atoms with van der Waals surface area (Å²) in [7, 11) is 0. The van der Waals surface area contributed by atoms with E-state index >= 15 is 0 Å². The van der Waals surface area contributed by atoms with Gasteiger partial charge in [-0.1, -0.05) is 76.8 Å². The molecular formula is C24H38N2O2. The number of unbranched alkanes of at least 4 members (excludes halogenated alkanes) is 7. The van der Waals surface area contributed by atoms with Gasteiger partial charge in [0, 0.05) is 19.6 Å². The van der Waals surface area contributed by atoms with E-state index in [-0.39, 0.29) is 11.8 Å². The van der Waals surface area contributed by atoms with E-state index in [9.17, 15) is 9.59 Å². The second-order valence-electron chi connectivity index (χ2n) is 7.98. The van der Waals surface area contributed by atoms with Crippen molar-refractivity contribution in [2.75, 3.05) is 19.6 Å². The van der Waals surface area contributed by atoms with Gasteiger partial charge in [-0.15, -0.1) is 0 Å². The highest BCUT2D eigenvalue weighted by molar-refractivity contribution is 6.07. The van der Waals surface area contributed by atoms with Gasteiger partial charge >= 0.3 is 0 Å². The van der Waals surface area contributed by atoms with E-state index in [1.54, 1.807) is 12.1 Å². The smallest absolute Gasteiger partial charge is 0.254 e. The Hall–Kier alpha value is -1.84. The third kappa shape index (κ3) is 7.65. The van der Waals surface area contributed by atoms with E-state index in [0.29, 0.717) is 17.7 Å². The first-order valence-corrected chi connectivity index (χ1v) is 11.4. The lowest BCUT2D eigenvalue weighted by Gasteiger charge is -2.21. The number of nitrogens with zero attached hydrogens (tertiary/aromatic N) is 1. The number of benzene rings is 1. The molecule has 1 heterocycles. The minimum atomic E-state index is -0.123. The van der Waals surface area contributed by atoms with Crippen LogP contribution >= 0.6 is 0 Å². The molecule has 0 unspecified atom stereocenters. The maximum absolute atomic E-state index is 12.9. The molecule has 1 aromatic rings. The molecule has 4 nitrogen and oxygen atoms in total. The molecule has 0 radical (unpaired) electrons. The Morgan fingerprint density at radius 2 is 1.39 bits per heavy atom. The van der Waals surface area contributed by atoms with Crippen molar-refractivity contribution in [2.45, 2.75) is 84.0 Å². The van der Waals surface area contributed by atoms with Crippen molar-refractivity contribution in [3.05, 3.63) is 35.4 Å². The van der Waals surface area contributed by atoms with Crippen molar-refractivity contribution in [2.24, 2.45) is 0 Å². The molecule has 2 amide bonds. The number of carbonyl (C=O) groups is 2. The lowest BCUT2D eigenvalue weighted by Crippen LogP contribution is -2.34. The number of nitrogens with one attached hydrogen (secondary N) is 1. The lowest BCUT2D eigenvalue weighted by atomic mass is 10.0. The molecule has 1 N–H and O–H groups in total. The highest BCUT2D eigenvalue weighted by Crippen LogP contribution is 2.16. The van der Waals surface area contributed by atoms with Gasteiger partial charge in [0.1, 0.15) is 0 Å². The largest absolute Gasteiger partial charge is 0.352 e. The van der Waals surface area contributed by atoms with Gasteiger partial charge in [-0.25, -0.2) is 0 Å². The highest BCUT2D eigenvalue weighted by Gasteiger charge is 2.22. The fourth-order valence-corrected chi connectivity index (χ4v) is 3.87. The van der Waals surface area contributed by atoms with Crippen LogP contribution in [0.4, 0.5) is 0 Å². The lowest BCUT2D eigenvalue weighted by molar-refractivity contribution is 0.0755. The molecule has 1 fully saturated rings. The van der Waals surface area contributed by atoms with Crippen LogP contribution in [-0.4, -0.2) is 36.3 Å². The first-order chi connectivity index (χ1) is 13.7. The zero-order chi connectivity index (χ0) is 20.0. The van der Waals surface area contributed by atoms with Crippen LogP contribution in [-0.2, 0) is 0 Å². The average molecular weight is 387 g/mol. The zero-order valence-electron chi connectivity index (χ0n) is 17.7. The van der Waals surface area contributed by atoms with Crippen molar-refractivity contribution < 1.29 is 9.59 Å². The van der Waals surface area contributed by atoms with Crippen LogP contribution in [0.5, 0.6) is 0 Å². The van der Waals surface area contributed by atoms with Gasteiger partial charge in [-0.05, 0) is 31.4 Å². The maximum atomic E-state index is 12.9. The first-order valence-electron chi connectivity index (χ1n) is 11.4. The van der Waals surface area contributed by atoms with Crippen molar-refractivity contribution in [1.29, 1.82) is 0 Å². The van der Waals surface area contributed by atoms with Gasteiger partial charge in [-0.2, -0.15) is 0 Å². The van der Waals surface area contributed by atoms with Gasteiger partial charge in [0.15, 0.2) is 0 Å². The molecule has 0 atom stereocenters. The predicted molar refractivity (Wildman–Crippen MR) is 116 cm³/mol. The van der Waals surface area contributed by atoms with E-state index in [2.05, 4.69) is 12.2 Å². The number of hydrogen-bond acceptors (Lipinski definition) is 2. The predicted octanol–water partition coefficient (Wildman–Crippen LogP) is 5.57. The molecule has 0 aliphatic carbocycles. The second-order valence-corrected chi connectivity index (χ2v) is 7.98. The maximum Gasteiger partial charge on any atom is 0.254 e. The van der Waals surface area contributed by atoms with Crippen LogP contribution in [0.3, 0.4) is 0 Å². The summed E-state index contributed by atoms with van der Waals surface area (Å²) >= 11 is 0. The minimum Gasteiger partial charge on any atom is -0.352 e. The van der Waals surface area contributed by atoms with Gasteiger partial charge in [0.05, 0.1) is 11.1 Å². The zero-order valence-corrected chi connectivity index (χ0v) is 17.7. The Kier molecular flexibility index (Phi) is 10.7. The number of hydrogen-bond donors (Lipinski definition) is 1. The number of carbonyl (C=O) groups excluding carboxylic acids is 2. The Balaban J connectivity index is 1.78. The van der Waals surface area contributed by atoms with Gasteiger partial charge in [0.2, 0.25) is 0 Å². The summed E-state index contributed by atoms with van der Waals surface area (Å²) in [4.78, 5) is 27.5. The third-order valence-corrected chi connectivity index (χ3v) is 5.61. The fourth-order valence-electron chi connectivity index (χ4n) is 3.87. The molecule has 1 aliphatic heterocycles. The molecule has 156 valence electrons. The molecule has 4 heteroatoms. The summed E-state index contributed by atoms with van der Waals surface area (Å²) in [5.41, 5.74) is 1.05. The van der Waals surface area contributed by atoms with Crippen molar-refractivity contribution in [3.8, 4) is 0 Å². The van der Waals surface area contributed by atoms with E-state index in [4.69, 9.17) is 0 Å². The first kappa shape index (κ1) is 22.4. The molecule has 0 saturated carbocycles. The Bertz CT molecular complexity index is 592. The molecule has 1 aromatic carbocycles. The Morgan fingerprint density at radius 1 is 0.821 bits per heavy atom. The standard InChI is InChI=1S/C24H38N2O2/c1-2-3-4-5-6-7-8-13-18-25-23(27)21-16-11-12-17-22(21)24(28)26-19-14-9-10-15-20-26/h11-12,16-17H,2-10,13-15,18-20H2,1H3,(H,25,27). The molecule has 0 aromatic heterocycles. The van der Waals surface area contributed by atoms with Crippen molar-refractivity contribution in [3.63, 3.8) is 0 Å². The number of amides is 2. The van der Waals surface area contributed by atoms with Gasteiger partial charge < -0.3 is 10.2 Å². The van der Waals surface area contributed by atoms with Gasteiger partial charge in [0.25, 0.3) is 11.8 Å². The summed E-state index contributed by atoms with van der Waals surface area (Å²) < 4.78 is 0. The molecule has 1 aliphatic rings. The summed E-state index contributed by atoms with van der Waals surface area (Å²) in [6.07, 6.45) is 14.5. The monoisotopic (exact) mass is 386 g/mol. The van der Waals surface area contributed by atoms with E-state index in [0.717, 1.165) is 38.8 Å². The highest BCUT2D eigenvalue weighted by atomic mass is 16.2. The molecule has 2 rings (SSSR count). The Morgan fingerprint density at radius 3 is 2.04 bits per heavy atom. The van der Waals surface area contributed by atoms with E-state index in [1.807, 2.05) is 17.0 Å². The number of likely N-dealkylation sites (tertiary alicyclic amines) is 1. The number of rotatable bonds is 11. The minimum absolute atomic E-state index is 0.000251. The second kappa shape index (κ2) is 13.4. The third-order valence-electron chi connectivity index (χ3n) is 5.61. The molecule has 0 bridgehead atoms. The fraction of sp³-hybridized carbons (Fsp3) is 0.667. The van der Waals surface area contributed by atoms with Crippen molar-refractivity contribution >= 4 is 11.8 Å². The van der Waals surface area contributed by atoms with Crippen LogP contribution in [0.15, 0.2) is 24.3 Å². The molecule has 28 heavy (non-hydrogen) atoms. The van der Waals surface area contributed by atoms with Gasteiger partial charge in [-0.3, -0.25) is 9.59 Å². The Labute approximate surface area is 171 Å². The molecule has 1 saturated heterocycles. The molecular weight excluding hydrogens is 348 g/mol. The quantitative estimate of drug-likeness (QED) is 0.505. The van der Waals surface area contributed by atoms with Crippen LogP contribution in [0.1, 0.15) is 105 Å². The van der Waals surface area contributed by atoms with Crippen LogP contribution < -0.4 is 5.32 Å². The van der Waals surface area contributed by atoms with E-state index < -0.39 is 0 Å². The summed E-state index contributed by atoms with van der Waals surface area (Å²) in [6.45, 7) is 4.52. The summed E-state index contributed by atoms with van der Waals surface area (Å²) in [5.74, 6) is -0.124. The normalized spacial score (nSPS) is 14.5. The van der Waals surface area contributed by atoms with E-state index in [1.165, 1.54) is 51.4 Å².